The van der Waals surface area contributed by atoms with Crippen LogP contribution < -0.4 is 0 Å². The maximum Gasteiger partial charge on any atom is 0.329 e. The van der Waals surface area contributed by atoms with E-state index in [-0.39, 0.29) is 60.9 Å². The quantitative estimate of drug-likeness (QED) is 0.106. The second kappa shape index (κ2) is 26.3. The Balaban J connectivity index is 1.68. The second-order valence-electron chi connectivity index (χ2n) is 20.4. The molecule has 1 amide bonds. The maximum atomic E-state index is 14.4. The van der Waals surface area contributed by atoms with Crippen LogP contribution in [0.15, 0.2) is 48.1 Å². The number of allylic oxidation sites excluding steroid dienone is 6. The number of carbonyl (C=O) groups is 5. The van der Waals surface area contributed by atoms with E-state index in [1.54, 1.807) is 48.3 Å². The Morgan fingerprint density at radius 2 is 1.57 bits per heavy atom. The van der Waals surface area contributed by atoms with Crippen molar-refractivity contribution in [2.75, 3.05) is 41.2 Å². The minimum Gasteiger partial charge on any atom is -0.460 e. The van der Waals surface area contributed by atoms with Gasteiger partial charge in [-0.1, -0.05) is 77.2 Å². The van der Waals surface area contributed by atoms with Crippen molar-refractivity contribution < 1.29 is 67.0 Å². The highest BCUT2D eigenvalue weighted by atomic mass is 31.2. The van der Waals surface area contributed by atoms with Gasteiger partial charge in [0.15, 0.2) is 13.2 Å². The van der Waals surface area contributed by atoms with Gasteiger partial charge in [-0.2, -0.15) is 0 Å². The molecule has 384 valence electrons. The molecule has 15 atom stereocenters. The van der Waals surface area contributed by atoms with Crippen molar-refractivity contribution >= 4 is 36.6 Å². The highest BCUT2D eigenvalue weighted by molar-refractivity contribution is 7.57. The molecule has 1 saturated carbocycles. The Morgan fingerprint density at radius 3 is 2.24 bits per heavy atom. The first-order valence-corrected chi connectivity index (χ1v) is 27.3. The summed E-state index contributed by atoms with van der Waals surface area (Å²) in [5.41, 5.74) is 0.875. The zero-order chi connectivity index (χ0) is 50.5. The van der Waals surface area contributed by atoms with Crippen molar-refractivity contribution in [1.82, 2.24) is 4.90 Å². The van der Waals surface area contributed by atoms with Crippen LogP contribution in [-0.2, 0) is 56.7 Å². The summed E-state index contributed by atoms with van der Waals surface area (Å²) in [6.07, 6.45) is 12.7. The number of piperidine rings is 1. The van der Waals surface area contributed by atoms with Gasteiger partial charge in [0.05, 0.1) is 24.4 Å². The van der Waals surface area contributed by atoms with Gasteiger partial charge < -0.3 is 43.3 Å². The number of ether oxygens (including phenoxy) is 5. The van der Waals surface area contributed by atoms with E-state index in [2.05, 4.69) is 0 Å². The normalized spacial score (nSPS) is 39.0. The second-order valence-corrected chi connectivity index (χ2v) is 23.2. The SMILES string of the molecule is CO[C@H]1C[C@@H]2CC[C@@H](C)[C@@](O)(O2)C(=O)C(=O)N2CCCC[C@H]2C(=O)O[C@H]([C@H](C)C[C@@H]2CC[C@@H](OP(C)(C)=O)[C@H](OC)C2)CC(=O)[C@H](C)/C=C\[C@H](O)[C@H](OC)C(=O)[C@H](C)C[C@@H](C)\C=C/C=C/C=C/1C. The lowest BCUT2D eigenvalue weighted by molar-refractivity contribution is -0.265. The molecule has 0 radical (unpaired) electrons. The number of ketones is 3. The largest absolute Gasteiger partial charge is 0.460 e. The van der Waals surface area contributed by atoms with Gasteiger partial charge in [0.2, 0.25) is 5.79 Å². The van der Waals surface area contributed by atoms with Gasteiger partial charge in [-0.3, -0.25) is 23.7 Å². The molecule has 0 unspecified atom stereocenters. The summed E-state index contributed by atoms with van der Waals surface area (Å²) in [5, 5.41) is 23.2. The minimum atomic E-state index is -2.79. The van der Waals surface area contributed by atoms with E-state index in [0.29, 0.717) is 57.8 Å². The van der Waals surface area contributed by atoms with Crippen LogP contribution in [0, 0.1) is 35.5 Å². The van der Waals surface area contributed by atoms with Gasteiger partial charge in [0, 0.05) is 71.8 Å². The van der Waals surface area contributed by atoms with Gasteiger partial charge in [-0.05, 0) is 94.5 Å². The van der Waals surface area contributed by atoms with E-state index in [9.17, 15) is 38.8 Å². The average molecular weight is 976 g/mol. The lowest BCUT2D eigenvalue weighted by atomic mass is 9.78. The van der Waals surface area contributed by atoms with Crippen LogP contribution in [0.3, 0.4) is 0 Å². The van der Waals surface area contributed by atoms with Crippen molar-refractivity contribution in [3.8, 4) is 0 Å². The van der Waals surface area contributed by atoms with Gasteiger partial charge in [-0.25, -0.2) is 4.79 Å². The molecule has 3 fully saturated rings. The van der Waals surface area contributed by atoms with Gasteiger partial charge >= 0.3 is 5.97 Å². The van der Waals surface area contributed by atoms with Crippen LogP contribution in [0.5, 0.6) is 0 Å². The number of methoxy groups -OCH3 is 3. The third kappa shape index (κ3) is 15.9. The molecular formula is C52H82NO14P. The van der Waals surface area contributed by atoms with Gasteiger partial charge in [0.1, 0.15) is 30.1 Å². The van der Waals surface area contributed by atoms with Crippen molar-refractivity contribution in [3.63, 3.8) is 0 Å². The third-order valence-corrected chi connectivity index (χ3v) is 15.3. The number of nitrogens with zero attached hydrogens (tertiary/aromatic N) is 1. The van der Waals surface area contributed by atoms with Crippen LogP contribution >= 0.6 is 7.37 Å². The highest BCUT2D eigenvalue weighted by Gasteiger charge is 2.53. The fourth-order valence-corrected chi connectivity index (χ4v) is 11.1. The fraction of sp³-hybridized carbons (Fsp3) is 0.750. The number of fused-ring (bicyclic) bond motifs is 3. The minimum absolute atomic E-state index is 0.0153. The fourth-order valence-electron chi connectivity index (χ4n) is 10.2. The Kier molecular flexibility index (Phi) is 22.3. The summed E-state index contributed by atoms with van der Waals surface area (Å²) in [6, 6.07) is -1.15. The third-order valence-electron chi connectivity index (χ3n) is 14.5. The Hall–Kier alpha value is -3.14. The Labute approximate surface area is 405 Å². The molecular weight excluding hydrogens is 894 g/mol. The Bertz CT molecular complexity index is 1890. The molecule has 3 heterocycles. The molecule has 68 heavy (non-hydrogen) atoms. The molecule has 15 nitrogen and oxygen atoms in total. The molecule has 0 aromatic heterocycles. The molecule has 16 heteroatoms. The molecule has 4 rings (SSSR count). The van der Waals surface area contributed by atoms with Crippen LogP contribution in [0.2, 0.25) is 0 Å². The van der Waals surface area contributed by atoms with Crippen LogP contribution in [-0.4, -0.2) is 140 Å². The summed E-state index contributed by atoms with van der Waals surface area (Å²) in [7, 11) is 1.75. The number of carbonyl (C=O) groups excluding carboxylic acids is 5. The summed E-state index contributed by atoms with van der Waals surface area (Å²) in [5.74, 6) is -8.10. The van der Waals surface area contributed by atoms with E-state index in [4.69, 9.17) is 28.2 Å². The molecule has 0 aromatic carbocycles. The van der Waals surface area contributed by atoms with E-state index in [1.165, 1.54) is 24.2 Å². The summed E-state index contributed by atoms with van der Waals surface area (Å²) in [4.78, 5) is 71.8. The standard InChI is InChI=1S/C52H82NO14P/c1-32-17-13-12-14-18-34(3)44(62-7)30-39-23-21-37(6)52(60,66-39)49(57)50(58)53-26-16-15-19-40(53)51(59)65-45(35(4)28-38-22-25-43(46(29-38)63-8)67-68(10,11)61)31-42(55)33(2)20-24-41(54)48(64-9)47(56)36(5)27-32/h12-14,17-18,20,24,32-33,35-41,43-46,48,54,60H,15-16,19,21-23,25-31H2,1-11H3/b14-12+,17-13-,24-20-,34-18+/t32-,33+,35+,36+,37+,38-,39-,40-,41-,43+,44-,45-,46+,48-,52+/m0/s1. The first kappa shape index (κ1) is 57.4. The molecule has 3 aliphatic heterocycles. The molecule has 4 aliphatic rings. The zero-order valence-electron chi connectivity index (χ0n) is 42.5. The van der Waals surface area contributed by atoms with E-state index < -0.39 is 85.1 Å². The van der Waals surface area contributed by atoms with Crippen LogP contribution in [0.1, 0.15) is 119 Å². The molecule has 2 bridgehead atoms. The highest BCUT2D eigenvalue weighted by Crippen LogP contribution is 2.44. The number of cyclic esters (lactones) is 1. The van der Waals surface area contributed by atoms with E-state index in [0.717, 1.165) is 12.0 Å². The predicted molar refractivity (Wildman–Crippen MR) is 259 cm³/mol. The first-order valence-electron chi connectivity index (χ1n) is 24.8. The number of hydrogen-bond donors (Lipinski definition) is 2. The van der Waals surface area contributed by atoms with E-state index in [1.807, 2.05) is 51.2 Å². The average Bonchev–Trinajstić information content (AvgIpc) is 3.29. The van der Waals surface area contributed by atoms with Crippen molar-refractivity contribution in [2.24, 2.45) is 35.5 Å². The van der Waals surface area contributed by atoms with Crippen molar-refractivity contribution in [3.05, 3.63) is 48.1 Å². The number of hydrogen-bond acceptors (Lipinski definition) is 14. The lowest BCUT2D eigenvalue weighted by Gasteiger charge is -2.42. The summed E-state index contributed by atoms with van der Waals surface area (Å²) >= 11 is 0. The van der Waals surface area contributed by atoms with Crippen molar-refractivity contribution in [1.29, 1.82) is 0 Å². The molecule has 2 saturated heterocycles. The van der Waals surface area contributed by atoms with Crippen LogP contribution in [0.25, 0.3) is 0 Å². The topological polar surface area (TPSA) is 201 Å². The smallest absolute Gasteiger partial charge is 0.329 e. The molecule has 1 aliphatic carbocycles. The van der Waals surface area contributed by atoms with Gasteiger partial charge in [-0.15, -0.1) is 0 Å². The van der Waals surface area contributed by atoms with E-state index >= 15 is 0 Å². The number of rotatable bonds is 8. The number of aliphatic hydroxyl groups is 2. The Morgan fingerprint density at radius 1 is 0.853 bits per heavy atom. The number of Topliss-reactive ketones (excluding diaryl/α,β-unsaturated/α-hetero) is 3. The molecule has 0 spiro atoms. The lowest BCUT2D eigenvalue weighted by Crippen LogP contribution is -2.61. The maximum absolute atomic E-state index is 14.4. The van der Waals surface area contributed by atoms with Crippen LogP contribution in [0.4, 0.5) is 0 Å². The zero-order valence-corrected chi connectivity index (χ0v) is 43.4. The number of aliphatic hydroxyl groups excluding tert-OH is 1. The molecule has 0 aromatic rings. The predicted octanol–water partition coefficient (Wildman–Crippen LogP) is 7.35. The first-order chi connectivity index (χ1) is 32.0. The summed E-state index contributed by atoms with van der Waals surface area (Å²) < 4.78 is 48.0. The monoisotopic (exact) mass is 976 g/mol. The summed E-state index contributed by atoms with van der Waals surface area (Å²) in [6.45, 7) is 14.2. The van der Waals surface area contributed by atoms with Crippen molar-refractivity contribution in [2.45, 2.75) is 173 Å². The number of amides is 1. The molecule has 2 N–H and O–H groups in total. The number of esters is 1. The van der Waals surface area contributed by atoms with Gasteiger partial charge in [0.25, 0.3) is 11.7 Å².